The second-order valence-corrected chi connectivity index (χ2v) is 17.3. The molecule has 2 aliphatic heterocycles. The largest absolute Gasteiger partial charge is 0.298 e. The molecule has 2 aromatic carbocycles. The first-order chi connectivity index (χ1) is 20.0. The van der Waals surface area contributed by atoms with Crippen LogP contribution in [0.1, 0.15) is 52.7 Å². The van der Waals surface area contributed by atoms with E-state index in [0.29, 0.717) is 0 Å². The molecule has 218 valence electrons. The van der Waals surface area contributed by atoms with Crippen LogP contribution in [-0.2, 0) is 19.2 Å². The van der Waals surface area contributed by atoms with E-state index in [0.717, 1.165) is 49.0 Å². The molecule has 0 radical (unpaired) electrons. The summed E-state index contributed by atoms with van der Waals surface area (Å²) in [5, 5.41) is -1.45. The number of hydrogen-bond acceptors (Lipinski definition) is 10. The zero-order valence-electron chi connectivity index (χ0n) is 24.0. The van der Waals surface area contributed by atoms with Crippen molar-refractivity contribution in [1.82, 2.24) is 0 Å². The standard InChI is InChI=1S/C32H30O4S6/c1-17(33)27(18(2)34)39-29-21(5)37-31(41-29)25(23-13-9-7-10-14-23)26(24-15-11-8-12-16-24)32-38-22(6)30(42-32)40-28(19(3)35)20(4)36/h7-16,27-28H,1-6H3/b31-25-,32-26+. The molecular weight excluding hydrogens is 641 g/mol. The third-order valence-corrected chi connectivity index (χ3v) is 15.1. The summed E-state index contributed by atoms with van der Waals surface area (Å²) in [6, 6.07) is 20.5. The van der Waals surface area contributed by atoms with Crippen LogP contribution in [-0.4, -0.2) is 33.6 Å². The molecule has 0 saturated heterocycles. The summed E-state index contributed by atoms with van der Waals surface area (Å²) in [7, 11) is 0. The van der Waals surface area contributed by atoms with E-state index in [9.17, 15) is 19.2 Å². The van der Waals surface area contributed by atoms with E-state index >= 15 is 0 Å². The molecule has 0 spiro atoms. The van der Waals surface area contributed by atoms with Crippen LogP contribution < -0.4 is 0 Å². The van der Waals surface area contributed by atoms with E-state index < -0.39 is 10.5 Å². The number of Topliss-reactive ketones (excluding diaryl/α,β-unsaturated/α-hetero) is 4. The van der Waals surface area contributed by atoms with Crippen molar-refractivity contribution in [3.05, 3.63) is 98.5 Å². The Balaban J connectivity index is 1.85. The zero-order chi connectivity index (χ0) is 30.6. The minimum Gasteiger partial charge on any atom is -0.298 e. The smallest absolute Gasteiger partial charge is 0.150 e. The Kier molecular flexibility index (Phi) is 11.6. The fourth-order valence-corrected chi connectivity index (χ4v) is 12.6. The van der Waals surface area contributed by atoms with Gasteiger partial charge in [-0.05, 0) is 52.7 Å². The molecule has 2 aromatic rings. The summed E-state index contributed by atoms with van der Waals surface area (Å²) in [6.07, 6.45) is 0. The number of ketones is 4. The molecule has 4 rings (SSSR count). The van der Waals surface area contributed by atoms with Gasteiger partial charge >= 0.3 is 0 Å². The number of carbonyl (C=O) groups is 4. The SMILES string of the molecule is CC(=O)C(SC1=C(C)S/C(=C(/C(=C2\SC(C)=C(SC(C(C)=O)C(C)=O)S2)c2ccccc2)c2ccccc2)S1)C(C)=O. The number of carbonyl (C=O) groups excluding carboxylic acids is 4. The molecule has 0 unspecified atom stereocenters. The Hall–Kier alpha value is -1.82. The molecular formula is C32H30O4S6. The number of hydrogen-bond donors (Lipinski definition) is 0. The van der Waals surface area contributed by atoms with E-state index in [1.165, 1.54) is 51.2 Å². The second-order valence-electron chi connectivity index (χ2n) is 9.59. The molecule has 42 heavy (non-hydrogen) atoms. The lowest BCUT2D eigenvalue weighted by atomic mass is 9.95. The van der Waals surface area contributed by atoms with Crippen LogP contribution in [0.25, 0.3) is 11.1 Å². The summed E-state index contributed by atoms with van der Waals surface area (Å²) in [5.74, 6) is -0.589. The molecule has 2 heterocycles. The van der Waals surface area contributed by atoms with Crippen molar-refractivity contribution in [3.63, 3.8) is 0 Å². The van der Waals surface area contributed by atoms with Gasteiger partial charge in [0.25, 0.3) is 0 Å². The summed E-state index contributed by atoms with van der Waals surface area (Å²) in [5.41, 5.74) is 4.24. The Labute approximate surface area is 272 Å². The van der Waals surface area contributed by atoms with Gasteiger partial charge in [0, 0.05) is 21.0 Å². The van der Waals surface area contributed by atoms with Gasteiger partial charge in [0.2, 0.25) is 0 Å². The van der Waals surface area contributed by atoms with Crippen molar-refractivity contribution < 1.29 is 19.2 Å². The van der Waals surface area contributed by atoms with E-state index in [2.05, 4.69) is 24.3 Å². The van der Waals surface area contributed by atoms with E-state index in [1.807, 2.05) is 50.2 Å². The predicted octanol–water partition coefficient (Wildman–Crippen LogP) is 9.62. The lowest BCUT2D eigenvalue weighted by Crippen LogP contribution is -2.22. The molecule has 0 bridgehead atoms. The van der Waals surface area contributed by atoms with Crippen LogP contribution in [0.5, 0.6) is 0 Å². The molecule has 2 aliphatic rings. The van der Waals surface area contributed by atoms with Gasteiger partial charge in [-0.25, -0.2) is 0 Å². The Morgan fingerprint density at radius 2 is 0.833 bits per heavy atom. The number of benzene rings is 2. The highest BCUT2D eigenvalue weighted by molar-refractivity contribution is 8.37. The fraction of sp³-hybridized carbons (Fsp3) is 0.250. The monoisotopic (exact) mass is 670 g/mol. The fourth-order valence-electron chi connectivity index (χ4n) is 4.19. The third kappa shape index (κ3) is 7.81. The first-order valence-corrected chi connectivity index (χ1v) is 18.1. The average Bonchev–Trinajstić information content (AvgIpc) is 3.49. The van der Waals surface area contributed by atoms with Crippen molar-refractivity contribution in [3.8, 4) is 0 Å². The molecule has 4 nitrogen and oxygen atoms in total. The van der Waals surface area contributed by atoms with Gasteiger partial charge in [-0.1, -0.05) is 131 Å². The van der Waals surface area contributed by atoms with Crippen LogP contribution in [0, 0.1) is 0 Å². The number of allylic oxidation sites excluding steroid dienone is 4. The van der Waals surface area contributed by atoms with Crippen molar-refractivity contribution in [2.24, 2.45) is 0 Å². The Bertz CT molecular complexity index is 1410. The van der Waals surface area contributed by atoms with Crippen LogP contribution in [0.4, 0.5) is 0 Å². The summed E-state index contributed by atoms with van der Waals surface area (Å²) in [6.45, 7) is 9.93. The molecule has 0 aliphatic carbocycles. The molecule has 0 atom stereocenters. The highest BCUT2D eigenvalue weighted by Crippen LogP contribution is 2.62. The lowest BCUT2D eigenvalue weighted by Gasteiger charge is -2.19. The molecule has 10 heteroatoms. The molecule has 0 saturated carbocycles. The first-order valence-electron chi connectivity index (χ1n) is 13.1. The summed E-state index contributed by atoms with van der Waals surface area (Å²) >= 11 is 9.20. The van der Waals surface area contributed by atoms with Crippen LogP contribution in [0.2, 0.25) is 0 Å². The van der Waals surface area contributed by atoms with Crippen molar-refractivity contribution in [2.45, 2.75) is 52.0 Å². The van der Waals surface area contributed by atoms with Crippen molar-refractivity contribution in [2.75, 3.05) is 0 Å². The quantitative estimate of drug-likeness (QED) is 0.216. The minimum absolute atomic E-state index is 0.147. The van der Waals surface area contributed by atoms with Gasteiger partial charge in [-0.3, -0.25) is 19.2 Å². The van der Waals surface area contributed by atoms with E-state index in [-0.39, 0.29) is 23.1 Å². The van der Waals surface area contributed by atoms with Crippen LogP contribution in [0.3, 0.4) is 0 Å². The summed E-state index contributed by atoms with van der Waals surface area (Å²) < 4.78 is 4.06. The van der Waals surface area contributed by atoms with Crippen LogP contribution >= 0.6 is 70.6 Å². The molecule has 0 amide bonds. The topological polar surface area (TPSA) is 68.3 Å². The maximum Gasteiger partial charge on any atom is 0.150 e. The molecule has 0 aromatic heterocycles. The van der Waals surface area contributed by atoms with E-state index in [1.54, 1.807) is 47.0 Å². The zero-order valence-corrected chi connectivity index (χ0v) is 28.9. The van der Waals surface area contributed by atoms with Gasteiger partial charge in [-0.15, -0.1) is 0 Å². The first kappa shape index (κ1) is 33.1. The van der Waals surface area contributed by atoms with Gasteiger partial charge in [-0.2, -0.15) is 0 Å². The maximum atomic E-state index is 12.3. The van der Waals surface area contributed by atoms with Gasteiger partial charge in [0.1, 0.15) is 10.5 Å². The Morgan fingerprint density at radius 3 is 1.12 bits per heavy atom. The molecule has 0 fully saturated rings. The van der Waals surface area contributed by atoms with Crippen molar-refractivity contribution in [1.29, 1.82) is 0 Å². The van der Waals surface area contributed by atoms with Crippen LogP contribution in [0.15, 0.2) is 87.4 Å². The third-order valence-electron chi connectivity index (χ3n) is 6.15. The van der Waals surface area contributed by atoms with E-state index in [4.69, 9.17) is 0 Å². The minimum atomic E-state index is -0.725. The highest BCUT2D eigenvalue weighted by Gasteiger charge is 2.33. The lowest BCUT2D eigenvalue weighted by molar-refractivity contribution is -0.125. The number of thioether (sulfide) groups is 6. The normalized spacial score (nSPS) is 17.8. The highest BCUT2D eigenvalue weighted by atomic mass is 32.2. The molecule has 0 N–H and O–H groups in total. The summed E-state index contributed by atoms with van der Waals surface area (Å²) in [4.78, 5) is 51.1. The van der Waals surface area contributed by atoms with Gasteiger partial charge in [0.15, 0.2) is 23.1 Å². The van der Waals surface area contributed by atoms with Crippen molar-refractivity contribution >= 4 is 105 Å². The number of rotatable bonds is 11. The van der Waals surface area contributed by atoms with Gasteiger partial charge < -0.3 is 0 Å². The second kappa shape index (κ2) is 14.8. The average molecular weight is 671 g/mol. The Morgan fingerprint density at radius 1 is 0.524 bits per heavy atom. The predicted molar refractivity (Wildman–Crippen MR) is 188 cm³/mol. The van der Waals surface area contributed by atoms with Gasteiger partial charge in [0.05, 0.1) is 16.9 Å². The maximum absolute atomic E-state index is 12.3.